The molecule has 0 saturated carbocycles. The first-order chi connectivity index (χ1) is 6.50. The van der Waals surface area contributed by atoms with Crippen molar-refractivity contribution in [1.29, 1.82) is 0 Å². The summed E-state index contributed by atoms with van der Waals surface area (Å²) in [6.07, 6.45) is 0.538. The Morgan fingerprint density at radius 2 is 2.43 bits per heavy atom. The maximum atomic E-state index is 10.5. The highest BCUT2D eigenvalue weighted by molar-refractivity contribution is 5.85. The average Bonchev–Trinajstić information content (AvgIpc) is 2.50. The number of nitrogens with zero attached hydrogens (tertiary/aromatic N) is 2. The fraction of sp³-hybridized carbons (Fsp3) is 0.500. The molecule has 0 saturated heterocycles. The Morgan fingerprint density at radius 1 is 1.79 bits per heavy atom. The molecule has 0 aliphatic heterocycles. The summed E-state index contributed by atoms with van der Waals surface area (Å²) in [5.41, 5.74) is -0.141. The summed E-state index contributed by atoms with van der Waals surface area (Å²) in [6, 6.07) is 0.184. The molecule has 1 rings (SSSR count). The van der Waals surface area contributed by atoms with Gasteiger partial charge in [-0.3, -0.25) is 0 Å². The Morgan fingerprint density at radius 3 is 2.86 bits per heavy atom. The number of aliphatic hydroxyl groups excluding tert-OH is 1. The average molecular weight is 200 g/mol. The third kappa shape index (κ3) is 2.46. The standard InChI is InChI=1S/C8H12N2O4/c1-5(11)3-10(2)8-9-6(4-14-8)7(12)13/h4-5,11H,3H2,1-2H3,(H,12,13). The van der Waals surface area contributed by atoms with Gasteiger partial charge in [-0.1, -0.05) is 0 Å². The monoisotopic (exact) mass is 200 g/mol. The van der Waals surface area contributed by atoms with E-state index in [1.54, 1.807) is 14.0 Å². The largest absolute Gasteiger partial charge is 0.476 e. The zero-order valence-electron chi connectivity index (χ0n) is 7.97. The quantitative estimate of drug-likeness (QED) is 0.721. The second kappa shape index (κ2) is 4.10. The maximum absolute atomic E-state index is 10.5. The van der Waals surface area contributed by atoms with Crippen LogP contribution in [0.1, 0.15) is 17.4 Å². The first kappa shape index (κ1) is 10.5. The highest BCUT2D eigenvalue weighted by Gasteiger charge is 2.14. The minimum atomic E-state index is -1.13. The highest BCUT2D eigenvalue weighted by atomic mass is 16.4. The number of carboxylic acid groups (broad SMARTS) is 1. The van der Waals surface area contributed by atoms with E-state index in [1.807, 2.05) is 0 Å². The van der Waals surface area contributed by atoms with Crippen LogP contribution in [0.3, 0.4) is 0 Å². The number of carbonyl (C=O) groups is 1. The van der Waals surface area contributed by atoms with E-state index in [0.29, 0.717) is 6.54 Å². The van der Waals surface area contributed by atoms with Crippen LogP contribution in [0.2, 0.25) is 0 Å². The number of rotatable bonds is 4. The van der Waals surface area contributed by atoms with Crippen molar-refractivity contribution in [3.63, 3.8) is 0 Å². The van der Waals surface area contributed by atoms with E-state index < -0.39 is 12.1 Å². The first-order valence-electron chi connectivity index (χ1n) is 4.08. The first-order valence-corrected chi connectivity index (χ1v) is 4.08. The molecule has 0 aliphatic rings. The lowest BCUT2D eigenvalue weighted by molar-refractivity contribution is 0.0690. The lowest BCUT2D eigenvalue weighted by atomic mass is 10.4. The molecule has 0 aromatic carbocycles. The van der Waals surface area contributed by atoms with E-state index in [4.69, 9.17) is 14.6 Å². The van der Waals surface area contributed by atoms with Crippen LogP contribution in [0, 0.1) is 0 Å². The molecular formula is C8H12N2O4. The molecule has 1 aromatic rings. The Balaban J connectivity index is 2.71. The number of anilines is 1. The molecule has 1 aromatic heterocycles. The zero-order chi connectivity index (χ0) is 10.7. The van der Waals surface area contributed by atoms with Crippen molar-refractivity contribution >= 4 is 12.0 Å². The van der Waals surface area contributed by atoms with E-state index in [-0.39, 0.29) is 11.7 Å². The summed E-state index contributed by atoms with van der Waals surface area (Å²) in [7, 11) is 1.66. The van der Waals surface area contributed by atoms with Gasteiger partial charge in [0.15, 0.2) is 5.69 Å². The van der Waals surface area contributed by atoms with Crippen LogP contribution < -0.4 is 4.90 Å². The number of likely N-dealkylation sites (N-methyl/N-ethyl adjacent to an activating group) is 1. The minimum absolute atomic E-state index is 0.141. The number of hydrogen-bond acceptors (Lipinski definition) is 5. The van der Waals surface area contributed by atoms with Crippen LogP contribution in [-0.4, -0.2) is 40.9 Å². The van der Waals surface area contributed by atoms with Crippen molar-refractivity contribution in [3.05, 3.63) is 12.0 Å². The number of aliphatic hydroxyl groups is 1. The number of oxazole rings is 1. The number of hydrogen-bond donors (Lipinski definition) is 2. The van der Waals surface area contributed by atoms with Gasteiger partial charge in [-0.05, 0) is 6.92 Å². The van der Waals surface area contributed by atoms with Gasteiger partial charge in [0, 0.05) is 13.6 Å². The number of aromatic nitrogens is 1. The molecule has 0 aliphatic carbocycles. The van der Waals surface area contributed by atoms with Crippen LogP contribution >= 0.6 is 0 Å². The summed E-state index contributed by atoms with van der Waals surface area (Å²) in [6.45, 7) is 1.96. The van der Waals surface area contributed by atoms with Gasteiger partial charge >= 0.3 is 5.97 Å². The van der Waals surface area contributed by atoms with Gasteiger partial charge < -0.3 is 19.5 Å². The van der Waals surface area contributed by atoms with E-state index in [2.05, 4.69) is 4.98 Å². The topological polar surface area (TPSA) is 86.8 Å². The fourth-order valence-corrected chi connectivity index (χ4v) is 1.01. The minimum Gasteiger partial charge on any atom is -0.476 e. The van der Waals surface area contributed by atoms with Gasteiger partial charge in [0.2, 0.25) is 0 Å². The van der Waals surface area contributed by atoms with Gasteiger partial charge in [-0.2, -0.15) is 4.98 Å². The van der Waals surface area contributed by atoms with E-state index >= 15 is 0 Å². The molecule has 1 heterocycles. The number of aromatic carboxylic acids is 1. The van der Waals surface area contributed by atoms with Crippen LogP contribution in [-0.2, 0) is 0 Å². The molecule has 78 valence electrons. The summed E-state index contributed by atoms with van der Waals surface area (Å²) in [4.78, 5) is 15.7. The van der Waals surface area contributed by atoms with E-state index in [9.17, 15) is 4.79 Å². The smallest absolute Gasteiger partial charge is 0.357 e. The van der Waals surface area contributed by atoms with Gasteiger partial charge in [-0.15, -0.1) is 0 Å². The molecule has 6 heteroatoms. The predicted octanol–water partition coefficient (Wildman–Crippen LogP) is 0.190. The fourth-order valence-electron chi connectivity index (χ4n) is 1.01. The summed E-state index contributed by atoms with van der Waals surface area (Å²) >= 11 is 0. The van der Waals surface area contributed by atoms with Gasteiger partial charge in [0.1, 0.15) is 6.26 Å². The van der Waals surface area contributed by atoms with Crippen molar-refractivity contribution in [3.8, 4) is 0 Å². The third-order valence-electron chi connectivity index (χ3n) is 1.58. The van der Waals surface area contributed by atoms with Crippen molar-refractivity contribution in [2.24, 2.45) is 0 Å². The molecule has 2 N–H and O–H groups in total. The van der Waals surface area contributed by atoms with Crippen molar-refractivity contribution in [2.45, 2.75) is 13.0 Å². The molecule has 1 atom stereocenters. The van der Waals surface area contributed by atoms with Crippen LogP contribution in [0.25, 0.3) is 0 Å². The summed E-state index contributed by atoms with van der Waals surface area (Å²) in [5, 5.41) is 17.6. The molecule has 0 bridgehead atoms. The lowest BCUT2D eigenvalue weighted by Crippen LogP contribution is -2.27. The molecular weight excluding hydrogens is 188 g/mol. The molecule has 0 radical (unpaired) electrons. The van der Waals surface area contributed by atoms with Crippen LogP contribution in [0.4, 0.5) is 6.01 Å². The van der Waals surface area contributed by atoms with Crippen molar-refractivity contribution in [1.82, 2.24) is 4.98 Å². The van der Waals surface area contributed by atoms with E-state index in [1.165, 1.54) is 4.90 Å². The maximum Gasteiger partial charge on any atom is 0.357 e. The van der Waals surface area contributed by atoms with Gasteiger partial charge in [0.25, 0.3) is 6.01 Å². The van der Waals surface area contributed by atoms with Crippen molar-refractivity contribution < 1.29 is 19.4 Å². The predicted molar refractivity (Wildman–Crippen MR) is 48.4 cm³/mol. The van der Waals surface area contributed by atoms with Crippen LogP contribution in [0.5, 0.6) is 0 Å². The Kier molecular flexibility index (Phi) is 3.08. The third-order valence-corrected chi connectivity index (χ3v) is 1.58. The number of carboxylic acids is 1. The molecule has 6 nitrogen and oxygen atoms in total. The van der Waals surface area contributed by atoms with Crippen molar-refractivity contribution in [2.75, 3.05) is 18.5 Å². The second-order valence-electron chi connectivity index (χ2n) is 3.05. The SMILES string of the molecule is CC(O)CN(C)c1nc(C(=O)O)co1. The van der Waals surface area contributed by atoms with Crippen LogP contribution in [0.15, 0.2) is 10.7 Å². The Labute approximate surface area is 80.8 Å². The molecule has 14 heavy (non-hydrogen) atoms. The lowest BCUT2D eigenvalue weighted by Gasteiger charge is -2.15. The normalized spacial score (nSPS) is 12.5. The van der Waals surface area contributed by atoms with Gasteiger partial charge in [0.05, 0.1) is 6.10 Å². The Hall–Kier alpha value is -1.56. The van der Waals surface area contributed by atoms with E-state index in [0.717, 1.165) is 6.26 Å². The zero-order valence-corrected chi connectivity index (χ0v) is 7.97. The molecule has 0 spiro atoms. The summed E-state index contributed by atoms with van der Waals surface area (Å²) in [5.74, 6) is -1.13. The highest BCUT2D eigenvalue weighted by Crippen LogP contribution is 2.11. The molecule has 1 unspecified atom stereocenters. The van der Waals surface area contributed by atoms with Gasteiger partial charge in [-0.25, -0.2) is 4.79 Å². The molecule has 0 fully saturated rings. The Bertz CT molecular complexity index is 321. The summed E-state index contributed by atoms with van der Waals surface area (Å²) < 4.78 is 4.91. The second-order valence-corrected chi connectivity index (χ2v) is 3.05. The molecule has 0 amide bonds.